The standard InChI is InChI=1S/C30H39N5O4S/c1-30(2,3)39-29(37)33-15-19-12-13-34(23(19)16-33)27-24(28(36)38-4)25(31)26(40-27)18-10-11-22-21(14-18)32-17-35(22)20-8-6-5-7-9-20/h10-11,14,17,19-20,23H,5-9,12-13,15-16,31H2,1-4H3. The van der Waals surface area contributed by atoms with Crippen molar-refractivity contribution in [3.63, 3.8) is 0 Å². The molecule has 6 rings (SSSR count). The quantitative estimate of drug-likeness (QED) is 0.382. The van der Waals surface area contributed by atoms with Gasteiger partial charge in [0, 0.05) is 31.6 Å². The SMILES string of the molecule is COC(=O)c1c(N2CCC3CN(C(=O)OC(C)(C)C)CC32)sc(-c2ccc3c(c2)ncn3C2CCCCC2)c1N. The van der Waals surface area contributed by atoms with Crippen molar-refractivity contribution >= 4 is 45.1 Å². The zero-order valence-corrected chi connectivity index (χ0v) is 24.6. The molecule has 1 aromatic carbocycles. The number of hydrogen-bond acceptors (Lipinski definition) is 8. The second-order valence-electron chi connectivity index (χ2n) is 12.4. The summed E-state index contributed by atoms with van der Waals surface area (Å²) in [5.41, 5.74) is 10.0. The zero-order chi connectivity index (χ0) is 28.2. The molecule has 3 aromatic rings. The molecular weight excluding hydrogens is 526 g/mol. The summed E-state index contributed by atoms with van der Waals surface area (Å²) in [5, 5.41) is 0.811. The second-order valence-corrected chi connectivity index (χ2v) is 13.4. The van der Waals surface area contributed by atoms with Crippen molar-refractivity contribution in [1.82, 2.24) is 14.5 Å². The number of carbonyl (C=O) groups is 2. The van der Waals surface area contributed by atoms with Crippen LogP contribution in [0.1, 0.15) is 75.7 Å². The number of ether oxygens (including phenoxy) is 2. The number of anilines is 2. The maximum absolute atomic E-state index is 13.0. The molecule has 0 spiro atoms. The first kappa shape index (κ1) is 26.9. The molecule has 214 valence electrons. The van der Waals surface area contributed by atoms with E-state index in [2.05, 4.69) is 27.7 Å². The van der Waals surface area contributed by atoms with Gasteiger partial charge in [-0.2, -0.15) is 0 Å². The van der Waals surface area contributed by atoms with Crippen LogP contribution in [0.4, 0.5) is 15.5 Å². The van der Waals surface area contributed by atoms with E-state index < -0.39 is 11.6 Å². The molecule has 1 amide bonds. The van der Waals surface area contributed by atoms with E-state index >= 15 is 0 Å². The monoisotopic (exact) mass is 565 g/mol. The fourth-order valence-corrected chi connectivity index (χ4v) is 7.95. The van der Waals surface area contributed by atoms with Crippen LogP contribution in [0.5, 0.6) is 0 Å². The Morgan fingerprint density at radius 3 is 2.60 bits per heavy atom. The number of amides is 1. The predicted octanol–water partition coefficient (Wildman–Crippen LogP) is 6.08. The van der Waals surface area contributed by atoms with Crippen LogP contribution in [0.3, 0.4) is 0 Å². The molecule has 3 aliphatic rings. The number of thiophene rings is 1. The molecule has 2 N–H and O–H groups in total. The smallest absolute Gasteiger partial charge is 0.410 e. The molecule has 2 aliphatic heterocycles. The van der Waals surface area contributed by atoms with E-state index in [1.165, 1.54) is 50.6 Å². The Kier molecular flexibility index (Phi) is 6.92. The number of nitrogen functional groups attached to an aromatic ring is 1. The summed E-state index contributed by atoms with van der Waals surface area (Å²) in [6.07, 6.45) is 8.84. The zero-order valence-electron chi connectivity index (χ0n) is 23.8. The van der Waals surface area contributed by atoms with Crippen LogP contribution in [-0.2, 0) is 9.47 Å². The fourth-order valence-electron chi connectivity index (χ4n) is 6.66. The Balaban J connectivity index is 1.32. The number of benzene rings is 1. The number of nitrogens with zero attached hydrogens (tertiary/aromatic N) is 4. The summed E-state index contributed by atoms with van der Waals surface area (Å²) in [6.45, 7) is 7.64. The molecule has 9 nitrogen and oxygen atoms in total. The first-order chi connectivity index (χ1) is 19.1. The maximum Gasteiger partial charge on any atom is 0.410 e. The van der Waals surface area contributed by atoms with Crippen molar-refractivity contribution < 1.29 is 19.1 Å². The molecule has 2 aromatic heterocycles. The average molecular weight is 566 g/mol. The highest BCUT2D eigenvalue weighted by Crippen LogP contribution is 2.48. The van der Waals surface area contributed by atoms with Crippen molar-refractivity contribution in [3.05, 3.63) is 30.1 Å². The Morgan fingerprint density at radius 2 is 1.88 bits per heavy atom. The van der Waals surface area contributed by atoms with E-state index in [1.54, 1.807) is 4.90 Å². The van der Waals surface area contributed by atoms with E-state index in [0.717, 1.165) is 39.4 Å². The molecular formula is C30H39N5O4S. The van der Waals surface area contributed by atoms with Gasteiger partial charge < -0.3 is 29.6 Å². The van der Waals surface area contributed by atoms with Gasteiger partial charge in [-0.05, 0) is 57.7 Å². The van der Waals surface area contributed by atoms with Gasteiger partial charge in [0.05, 0.1) is 41.1 Å². The Labute approximate surface area is 239 Å². The summed E-state index contributed by atoms with van der Waals surface area (Å²) < 4.78 is 13.1. The summed E-state index contributed by atoms with van der Waals surface area (Å²) >= 11 is 1.52. The van der Waals surface area contributed by atoms with Crippen LogP contribution in [0.15, 0.2) is 24.5 Å². The number of hydrogen-bond donors (Lipinski definition) is 1. The van der Waals surface area contributed by atoms with E-state index in [1.807, 2.05) is 27.1 Å². The van der Waals surface area contributed by atoms with Gasteiger partial charge in [-0.3, -0.25) is 0 Å². The van der Waals surface area contributed by atoms with Gasteiger partial charge in [-0.1, -0.05) is 25.3 Å². The lowest BCUT2D eigenvalue weighted by Gasteiger charge is -2.28. The molecule has 10 heteroatoms. The lowest BCUT2D eigenvalue weighted by atomic mass is 9.95. The van der Waals surface area contributed by atoms with E-state index in [-0.39, 0.29) is 12.1 Å². The van der Waals surface area contributed by atoms with E-state index in [4.69, 9.17) is 20.2 Å². The van der Waals surface area contributed by atoms with Crippen LogP contribution < -0.4 is 10.6 Å². The largest absolute Gasteiger partial charge is 0.465 e. The van der Waals surface area contributed by atoms with Gasteiger partial charge in [0.25, 0.3) is 0 Å². The van der Waals surface area contributed by atoms with E-state index in [9.17, 15) is 9.59 Å². The van der Waals surface area contributed by atoms with Crippen LogP contribution in [-0.4, -0.2) is 64.9 Å². The lowest BCUT2D eigenvalue weighted by Crippen LogP contribution is -2.39. The first-order valence-corrected chi connectivity index (χ1v) is 15.2. The molecule has 40 heavy (non-hydrogen) atoms. The van der Waals surface area contributed by atoms with Crippen LogP contribution in [0.25, 0.3) is 21.5 Å². The molecule has 2 atom stereocenters. The molecule has 3 fully saturated rings. The summed E-state index contributed by atoms with van der Waals surface area (Å²) in [6, 6.07) is 6.89. The second kappa shape index (κ2) is 10.3. The topological polar surface area (TPSA) is 103 Å². The number of aromatic nitrogens is 2. The van der Waals surface area contributed by atoms with Crippen LogP contribution in [0, 0.1) is 5.92 Å². The third-order valence-electron chi connectivity index (χ3n) is 8.58. The van der Waals surface area contributed by atoms with Crippen LogP contribution in [0.2, 0.25) is 0 Å². The molecule has 0 radical (unpaired) electrons. The Morgan fingerprint density at radius 1 is 1.10 bits per heavy atom. The molecule has 2 saturated heterocycles. The van der Waals surface area contributed by atoms with Gasteiger partial charge in [-0.25, -0.2) is 14.6 Å². The summed E-state index contributed by atoms with van der Waals surface area (Å²) in [4.78, 5) is 35.5. The van der Waals surface area contributed by atoms with Gasteiger partial charge in [0.15, 0.2) is 0 Å². The highest BCUT2D eigenvalue weighted by Gasteiger charge is 2.46. The third kappa shape index (κ3) is 4.80. The minimum atomic E-state index is -0.545. The number of likely N-dealkylation sites (tertiary alicyclic amines) is 1. The Bertz CT molecular complexity index is 1430. The highest BCUT2D eigenvalue weighted by molar-refractivity contribution is 7.20. The Hall–Kier alpha value is -3.27. The van der Waals surface area contributed by atoms with Gasteiger partial charge >= 0.3 is 12.1 Å². The lowest BCUT2D eigenvalue weighted by molar-refractivity contribution is 0.0284. The minimum Gasteiger partial charge on any atom is -0.465 e. The number of carbonyl (C=O) groups excluding carboxylic acids is 2. The molecule has 4 heterocycles. The average Bonchev–Trinajstić information content (AvgIpc) is 3.69. The third-order valence-corrected chi connectivity index (χ3v) is 9.87. The normalized spacial score (nSPS) is 21.7. The minimum absolute atomic E-state index is 0.0931. The van der Waals surface area contributed by atoms with Crippen molar-refractivity contribution in [2.24, 2.45) is 5.92 Å². The number of imidazole rings is 1. The number of esters is 1. The molecule has 1 saturated carbocycles. The molecule has 1 aliphatic carbocycles. The van der Waals surface area contributed by atoms with Crippen molar-refractivity contribution in [2.75, 3.05) is 37.4 Å². The first-order valence-electron chi connectivity index (χ1n) is 14.4. The van der Waals surface area contributed by atoms with Crippen molar-refractivity contribution in [2.45, 2.75) is 77.0 Å². The number of rotatable bonds is 4. The fraction of sp³-hybridized carbons (Fsp3) is 0.567. The molecule has 2 unspecified atom stereocenters. The molecule has 0 bridgehead atoms. The van der Waals surface area contributed by atoms with E-state index in [0.29, 0.717) is 36.3 Å². The van der Waals surface area contributed by atoms with Gasteiger partial charge in [-0.15, -0.1) is 11.3 Å². The maximum atomic E-state index is 13.0. The van der Waals surface area contributed by atoms with Gasteiger partial charge in [0.2, 0.25) is 0 Å². The number of methoxy groups -OCH3 is 1. The summed E-state index contributed by atoms with van der Waals surface area (Å²) in [5.74, 6) is -0.131. The van der Waals surface area contributed by atoms with Crippen molar-refractivity contribution in [1.29, 1.82) is 0 Å². The van der Waals surface area contributed by atoms with Crippen molar-refractivity contribution in [3.8, 4) is 10.4 Å². The predicted molar refractivity (Wildman–Crippen MR) is 158 cm³/mol. The summed E-state index contributed by atoms with van der Waals surface area (Å²) in [7, 11) is 1.39. The number of fused-ring (bicyclic) bond motifs is 2. The van der Waals surface area contributed by atoms with Crippen LogP contribution >= 0.6 is 11.3 Å². The van der Waals surface area contributed by atoms with Gasteiger partial charge in [0.1, 0.15) is 16.2 Å². The number of nitrogens with two attached hydrogens (primary N) is 1. The highest BCUT2D eigenvalue weighted by atomic mass is 32.1.